The molecule has 0 saturated heterocycles. The Kier molecular flexibility index (Phi) is 6.37. The van der Waals surface area contributed by atoms with Crippen LogP contribution >= 0.6 is 11.8 Å². The predicted molar refractivity (Wildman–Crippen MR) is 88.5 cm³/mol. The first-order valence-corrected chi connectivity index (χ1v) is 8.99. The van der Waals surface area contributed by atoms with E-state index in [9.17, 15) is 0 Å². The number of nitrogens with one attached hydrogen (secondary N) is 1. The molecule has 3 heteroatoms. The monoisotopic (exact) mass is 292 g/mol. The second-order valence-corrected chi connectivity index (χ2v) is 7.13. The van der Waals surface area contributed by atoms with Gasteiger partial charge < -0.3 is 5.32 Å². The van der Waals surface area contributed by atoms with Gasteiger partial charge in [-0.3, -0.25) is 0 Å². The summed E-state index contributed by atoms with van der Waals surface area (Å²) < 4.78 is 0. The van der Waals surface area contributed by atoms with Gasteiger partial charge in [-0.1, -0.05) is 13.3 Å². The molecule has 1 aromatic heterocycles. The van der Waals surface area contributed by atoms with Crippen LogP contribution in [0.1, 0.15) is 50.3 Å². The molecule has 20 heavy (non-hydrogen) atoms. The molecule has 1 saturated carbocycles. The second kappa shape index (κ2) is 8.04. The standard InChI is InChI=1S/C17H28N2S/c1-4-9-18-16-7-5-6-15(16)8-10-20-17-12-13(2)11-14(3)19-17/h11-12,15-16,18H,4-10H2,1-3H3. The summed E-state index contributed by atoms with van der Waals surface area (Å²) in [6.45, 7) is 7.66. The molecule has 1 heterocycles. The van der Waals surface area contributed by atoms with Crippen LogP contribution in [0.4, 0.5) is 0 Å². The molecule has 1 N–H and O–H groups in total. The summed E-state index contributed by atoms with van der Waals surface area (Å²) in [5.74, 6) is 2.07. The zero-order valence-corrected chi connectivity index (χ0v) is 13.9. The SMILES string of the molecule is CCCNC1CCCC1CCSc1cc(C)cc(C)n1. The summed E-state index contributed by atoms with van der Waals surface area (Å²) in [4.78, 5) is 4.61. The highest BCUT2D eigenvalue weighted by Gasteiger charge is 2.25. The van der Waals surface area contributed by atoms with E-state index in [4.69, 9.17) is 0 Å². The Balaban J connectivity index is 1.77. The van der Waals surface area contributed by atoms with Crippen molar-refractivity contribution in [3.63, 3.8) is 0 Å². The van der Waals surface area contributed by atoms with E-state index in [1.165, 1.54) is 55.0 Å². The number of aryl methyl sites for hydroxylation is 2. The summed E-state index contributed by atoms with van der Waals surface area (Å²) in [5.41, 5.74) is 2.46. The van der Waals surface area contributed by atoms with Crippen LogP contribution in [0.2, 0.25) is 0 Å². The van der Waals surface area contributed by atoms with E-state index in [1.54, 1.807) is 0 Å². The van der Waals surface area contributed by atoms with Gasteiger partial charge in [-0.15, -0.1) is 11.8 Å². The van der Waals surface area contributed by atoms with Gasteiger partial charge in [-0.2, -0.15) is 0 Å². The van der Waals surface area contributed by atoms with E-state index < -0.39 is 0 Å². The van der Waals surface area contributed by atoms with E-state index in [0.717, 1.165) is 17.7 Å². The van der Waals surface area contributed by atoms with Gasteiger partial charge in [0.05, 0.1) is 5.03 Å². The van der Waals surface area contributed by atoms with E-state index >= 15 is 0 Å². The highest BCUT2D eigenvalue weighted by Crippen LogP contribution is 2.30. The molecule has 112 valence electrons. The van der Waals surface area contributed by atoms with Crippen LogP contribution in [-0.2, 0) is 0 Å². The van der Waals surface area contributed by atoms with Crippen LogP contribution in [0.25, 0.3) is 0 Å². The molecule has 2 rings (SSSR count). The molecule has 0 amide bonds. The third-order valence-corrected chi connectivity index (χ3v) is 5.07. The summed E-state index contributed by atoms with van der Waals surface area (Å²) in [6, 6.07) is 5.12. The number of pyridine rings is 1. The zero-order valence-electron chi connectivity index (χ0n) is 13.1. The van der Waals surface area contributed by atoms with Crippen molar-refractivity contribution in [2.45, 2.75) is 63.9 Å². The van der Waals surface area contributed by atoms with E-state index in [-0.39, 0.29) is 0 Å². The van der Waals surface area contributed by atoms with E-state index in [1.807, 2.05) is 11.8 Å². The molecule has 2 nitrogen and oxygen atoms in total. The van der Waals surface area contributed by atoms with Crippen molar-refractivity contribution in [1.82, 2.24) is 10.3 Å². The van der Waals surface area contributed by atoms with Crippen LogP contribution in [0.15, 0.2) is 17.2 Å². The molecule has 0 spiro atoms. The second-order valence-electron chi connectivity index (χ2n) is 6.01. The Morgan fingerprint density at radius 2 is 2.15 bits per heavy atom. The van der Waals surface area contributed by atoms with Gasteiger partial charge in [0.2, 0.25) is 0 Å². The summed E-state index contributed by atoms with van der Waals surface area (Å²) in [7, 11) is 0. The van der Waals surface area contributed by atoms with E-state index in [2.05, 4.69) is 43.2 Å². The molecule has 1 fully saturated rings. The Labute approximate surface area is 128 Å². The molecule has 2 atom stereocenters. The molecule has 0 radical (unpaired) electrons. The average molecular weight is 292 g/mol. The molecule has 1 aliphatic carbocycles. The van der Waals surface area contributed by atoms with Crippen LogP contribution < -0.4 is 5.32 Å². The van der Waals surface area contributed by atoms with Gasteiger partial charge in [0.15, 0.2) is 0 Å². The minimum absolute atomic E-state index is 0.766. The lowest BCUT2D eigenvalue weighted by Crippen LogP contribution is -2.33. The number of aromatic nitrogens is 1. The van der Waals surface area contributed by atoms with E-state index in [0.29, 0.717) is 0 Å². The Morgan fingerprint density at radius 1 is 1.30 bits per heavy atom. The molecular formula is C17H28N2S. The third-order valence-electron chi connectivity index (χ3n) is 4.13. The number of nitrogens with zero attached hydrogens (tertiary/aromatic N) is 1. The normalized spacial score (nSPS) is 22.4. The molecule has 0 bridgehead atoms. The third kappa shape index (κ3) is 4.78. The Hall–Kier alpha value is -0.540. The van der Waals surface area contributed by atoms with Crippen LogP contribution in [0, 0.1) is 19.8 Å². The maximum Gasteiger partial charge on any atom is 0.0965 e. The van der Waals surface area contributed by atoms with Crippen molar-refractivity contribution in [1.29, 1.82) is 0 Å². The van der Waals surface area contributed by atoms with Gasteiger partial charge in [-0.05, 0) is 75.4 Å². The van der Waals surface area contributed by atoms with Gasteiger partial charge in [-0.25, -0.2) is 4.98 Å². The Morgan fingerprint density at radius 3 is 2.90 bits per heavy atom. The molecule has 1 aromatic rings. The fourth-order valence-corrected chi connectivity index (χ4v) is 4.28. The van der Waals surface area contributed by atoms with Gasteiger partial charge >= 0.3 is 0 Å². The number of hydrogen-bond donors (Lipinski definition) is 1. The summed E-state index contributed by atoms with van der Waals surface area (Å²) >= 11 is 1.92. The maximum absolute atomic E-state index is 4.61. The smallest absolute Gasteiger partial charge is 0.0965 e. The minimum Gasteiger partial charge on any atom is -0.314 e. The zero-order chi connectivity index (χ0) is 14.4. The molecule has 2 unspecified atom stereocenters. The largest absolute Gasteiger partial charge is 0.314 e. The van der Waals surface area contributed by atoms with Gasteiger partial charge in [0, 0.05) is 11.7 Å². The van der Waals surface area contributed by atoms with Gasteiger partial charge in [0.1, 0.15) is 0 Å². The molecule has 1 aliphatic rings. The molecule has 0 aromatic carbocycles. The first-order valence-electron chi connectivity index (χ1n) is 8.00. The number of hydrogen-bond acceptors (Lipinski definition) is 3. The van der Waals surface area contributed by atoms with Crippen LogP contribution in [-0.4, -0.2) is 23.3 Å². The highest BCUT2D eigenvalue weighted by atomic mass is 32.2. The van der Waals surface area contributed by atoms with Crippen LogP contribution in [0.3, 0.4) is 0 Å². The lowest BCUT2D eigenvalue weighted by molar-refractivity contribution is 0.393. The van der Waals surface area contributed by atoms with Crippen molar-refractivity contribution in [2.75, 3.05) is 12.3 Å². The average Bonchev–Trinajstić information content (AvgIpc) is 2.83. The van der Waals surface area contributed by atoms with Crippen molar-refractivity contribution >= 4 is 11.8 Å². The maximum atomic E-state index is 4.61. The van der Waals surface area contributed by atoms with Crippen molar-refractivity contribution in [3.05, 3.63) is 23.4 Å². The summed E-state index contributed by atoms with van der Waals surface area (Å²) in [5, 5.41) is 4.92. The van der Waals surface area contributed by atoms with Gasteiger partial charge in [0.25, 0.3) is 0 Å². The first kappa shape index (κ1) is 15.8. The molecule has 0 aliphatic heterocycles. The number of thioether (sulfide) groups is 1. The van der Waals surface area contributed by atoms with Crippen molar-refractivity contribution < 1.29 is 0 Å². The van der Waals surface area contributed by atoms with Crippen molar-refractivity contribution in [3.8, 4) is 0 Å². The predicted octanol–water partition coefficient (Wildman–Crippen LogP) is 4.35. The topological polar surface area (TPSA) is 24.9 Å². The number of rotatable bonds is 7. The summed E-state index contributed by atoms with van der Waals surface area (Å²) in [6.07, 6.45) is 6.74. The van der Waals surface area contributed by atoms with Crippen molar-refractivity contribution in [2.24, 2.45) is 5.92 Å². The fraction of sp³-hybridized carbons (Fsp3) is 0.706. The lowest BCUT2D eigenvalue weighted by atomic mass is 10.0. The first-order chi connectivity index (χ1) is 9.69. The fourth-order valence-electron chi connectivity index (χ4n) is 3.17. The Bertz CT molecular complexity index is 399. The highest BCUT2D eigenvalue weighted by molar-refractivity contribution is 7.99. The van der Waals surface area contributed by atoms with Crippen LogP contribution in [0.5, 0.6) is 0 Å². The lowest BCUT2D eigenvalue weighted by Gasteiger charge is -2.20. The quantitative estimate of drug-likeness (QED) is 0.756. The minimum atomic E-state index is 0.766. The molecular weight excluding hydrogens is 264 g/mol.